The summed E-state index contributed by atoms with van der Waals surface area (Å²) >= 11 is 1.85. The molecule has 2 saturated heterocycles. The number of aryl methyl sites for hydroxylation is 1. The van der Waals surface area contributed by atoms with E-state index in [4.69, 9.17) is 5.10 Å². The van der Waals surface area contributed by atoms with Gasteiger partial charge >= 0.3 is 0 Å². The number of hydrogen-bond donors (Lipinski definition) is 1. The number of piperidine rings is 1. The molecule has 0 spiro atoms. The summed E-state index contributed by atoms with van der Waals surface area (Å²) in [5, 5.41) is 10.7. The molecular weight excluding hydrogens is 394 g/mol. The summed E-state index contributed by atoms with van der Waals surface area (Å²) in [5.41, 5.74) is 4.49. The van der Waals surface area contributed by atoms with Crippen molar-refractivity contribution in [3.8, 4) is 11.3 Å². The lowest BCUT2D eigenvalue weighted by atomic mass is 9.93. The average Bonchev–Trinajstić information content (AvgIpc) is 3.33. The maximum Gasteiger partial charge on any atom is 0.274 e. The molecule has 3 fully saturated rings. The second-order valence-electron chi connectivity index (χ2n) is 9.40. The van der Waals surface area contributed by atoms with Crippen molar-refractivity contribution in [3.63, 3.8) is 0 Å². The Bertz CT molecular complexity index is 932. The molecule has 2 aliphatic carbocycles. The van der Waals surface area contributed by atoms with Gasteiger partial charge in [-0.15, -0.1) is 11.3 Å². The lowest BCUT2D eigenvalue weighted by Crippen LogP contribution is -2.49. The van der Waals surface area contributed by atoms with Crippen LogP contribution in [0.25, 0.3) is 11.3 Å². The van der Waals surface area contributed by atoms with Gasteiger partial charge in [0.15, 0.2) is 5.69 Å². The van der Waals surface area contributed by atoms with Gasteiger partial charge in [-0.25, -0.2) is 0 Å². The molecule has 4 aliphatic rings. The fourth-order valence-electron chi connectivity index (χ4n) is 5.41. The monoisotopic (exact) mass is 425 g/mol. The smallest absolute Gasteiger partial charge is 0.274 e. The van der Waals surface area contributed by atoms with Crippen molar-refractivity contribution in [2.24, 2.45) is 5.92 Å². The Kier molecular flexibility index (Phi) is 4.93. The number of amides is 1. The minimum absolute atomic E-state index is 0.156. The van der Waals surface area contributed by atoms with E-state index >= 15 is 0 Å². The van der Waals surface area contributed by atoms with Crippen LogP contribution in [0.3, 0.4) is 0 Å². The summed E-state index contributed by atoms with van der Waals surface area (Å²) in [4.78, 5) is 19.6. The lowest BCUT2D eigenvalue weighted by molar-refractivity contribution is 0.0624. The van der Waals surface area contributed by atoms with Crippen LogP contribution in [0.4, 0.5) is 0 Å². The van der Waals surface area contributed by atoms with Crippen LogP contribution < -0.4 is 5.32 Å². The van der Waals surface area contributed by atoms with Gasteiger partial charge in [0.25, 0.3) is 5.91 Å². The van der Waals surface area contributed by atoms with Gasteiger partial charge in [-0.05, 0) is 69.0 Å². The number of hydrogen-bond acceptors (Lipinski definition) is 5. The minimum Gasteiger partial charge on any atom is -0.335 e. The largest absolute Gasteiger partial charge is 0.335 e. The van der Waals surface area contributed by atoms with Crippen LogP contribution in [0.5, 0.6) is 0 Å². The number of aromatic nitrogens is 2. The maximum absolute atomic E-state index is 13.6. The summed E-state index contributed by atoms with van der Waals surface area (Å²) in [6.07, 6.45) is 6.93. The van der Waals surface area contributed by atoms with Crippen molar-refractivity contribution in [1.82, 2.24) is 24.9 Å². The number of rotatable bonds is 4. The van der Waals surface area contributed by atoms with Gasteiger partial charge in [-0.3, -0.25) is 14.4 Å². The van der Waals surface area contributed by atoms with Gasteiger partial charge in [-0.2, -0.15) is 5.10 Å². The summed E-state index contributed by atoms with van der Waals surface area (Å²) in [5.74, 6) is 1.07. The number of carbonyl (C=O) groups is 1. The van der Waals surface area contributed by atoms with Gasteiger partial charge in [0.2, 0.25) is 0 Å². The molecule has 6 nitrogen and oxygen atoms in total. The summed E-state index contributed by atoms with van der Waals surface area (Å²) in [6.45, 7) is 6.98. The van der Waals surface area contributed by atoms with Gasteiger partial charge in [0, 0.05) is 48.7 Å². The zero-order chi connectivity index (χ0) is 20.1. The van der Waals surface area contributed by atoms with Crippen LogP contribution in [0.1, 0.15) is 52.7 Å². The van der Waals surface area contributed by atoms with Crippen molar-refractivity contribution in [3.05, 3.63) is 27.6 Å². The Balaban J connectivity index is 1.29. The van der Waals surface area contributed by atoms with Gasteiger partial charge in [-0.1, -0.05) is 0 Å². The second-order valence-corrected chi connectivity index (χ2v) is 10.4. The Morgan fingerprint density at radius 3 is 2.67 bits per heavy atom. The molecule has 0 atom stereocenters. The van der Waals surface area contributed by atoms with E-state index < -0.39 is 0 Å². The molecular formula is C23H31N5OS. The van der Waals surface area contributed by atoms with E-state index in [1.807, 2.05) is 11.3 Å². The molecule has 0 radical (unpaired) electrons. The molecule has 7 heteroatoms. The first kappa shape index (κ1) is 19.0. The molecule has 2 aromatic rings. The molecule has 1 amide bonds. The molecule has 0 unspecified atom stereocenters. The van der Waals surface area contributed by atoms with E-state index in [-0.39, 0.29) is 5.91 Å². The Hall–Kier alpha value is -1.70. The van der Waals surface area contributed by atoms with E-state index in [0.29, 0.717) is 6.04 Å². The van der Waals surface area contributed by atoms with E-state index in [1.54, 1.807) is 0 Å². The van der Waals surface area contributed by atoms with Gasteiger partial charge < -0.3 is 10.2 Å². The molecule has 0 aromatic carbocycles. The number of nitrogens with zero attached hydrogens (tertiary/aromatic N) is 4. The average molecular weight is 426 g/mol. The SMILES string of the molecule is O=C(c1nn(C2CCNCC2)c2c1CCc1sccc1-2)N1CCN(CC2CC2)CC1. The normalized spacial score (nSPS) is 22.7. The standard InChI is InChI=1S/C23H31N5OS/c29-23(27-12-10-26(11-13-27)15-16-1-2-16)21-19-3-4-20-18(7-14-30-20)22(19)28(25-21)17-5-8-24-9-6-17/h7,14,16-17,24H,1-6,8-13,15H2. The molecule has 4 heterocycles. The molecule has 1 saturated carbocycles. The van der Waals surface area contributed by atoms with E-state index in [0.717, 1.165) is 76.6 Å². The number of nitrogens with one attached hydrogen (secondary N) is 1. The minimum atomic E-state index is 0.156. The molecule has 0 bridgehead atoms. The third kappa shape index (κ3) is 3.41. The summed E-state index contributed by atoms with van der Waals surface area (Å²) in [7, 11) is 0. The molecule has 2 aromatic heterocycles. The van der Waals surface area contributed by atoms with Crippen LogP contribution in [-0.2, 0) is 12.8 Å². The maximum atomic E-state index is 13.6. The first-order valence-corrected chi connectivity index (χ1v) is 12.6. The van der Waals surface area contributed by atoms with E-state index in [9.17, 15) is 4.79 Å². The summed E-state index contributed by atoms with van der Waals surface area (Å²) in [6, 6.07) is 2.63. The van der Waals surface area contributed by atoms with Crippen LogP contribution in [-0.4, -0.2) is 71.3 Å². The van der Waals surface area contributed by atoms with Crippen LogP contribution in [0.2, 0.25) is 0 Å². The molecule has 2 aliphatic heterocycles. The third-order valence-electron chi connectivity index (χ3n) is 7.34. The zero-order valence-corrected chi connectivity index (χ0v) is 18.4. The topological polar surface area (TPSA) is 53.4 Å². The second kappa shape index (κ2) is 7.77. The first-order chi connectivity index (χ1) is 14.8. The Labute approximate surface area is 182 Å². The highest BCUT2D eigenvalue weighted by Crippen LogP contribution is 2.41. The van der Waals surface area contributed by atoms with Crippen molar-refractivity contribution < 1.29 is 4.79 Å². The highest BCUT2D eigenvalue weighted by atomic mass is 32.1. The van der Waals surface area contributed by atoms with Crippen molar-refractivity contribution in [1.29, 1.82) is 0 Å². The number of carbonyl (C=O) groups excluding carboxylic acids is 1. The van der Waals surface area contributed by atoms with Gasteiger partial charge in [0.1, 0.15) is 0 Å². The van der Waals surface area contributed by atoms with E-state index in [1.165, 1.54) is 41.1 Å². The first-order valence-electron chi connectivity index (χ1n) is 11.7. The quantitative estimate of drug-likeness (QED) is 0.819. The Morgan fingerprint density at radius 1 is 1.10 bits per heavy atom. The van der Waals surface area contributed by atoms with Crippen molar-refractivity contribution in [2.75, 3.05) is 45.8 Å². The van der Waals surface area contributed by atoms with E-state index in [2.05, 4.69) is 31.2 Å². The van der Waals surface area contributed by atoms with Gasteiger partial charge in [0.05, 0.1) is 11.7 Å². The van der Waals surface area contributed by atoms with Crippen LogP contribution in [0, 0.1) is 5.92 Å². The van der Waals surface area contributed by atoms with Crippen molar-refractivity contribution >= 4 is 17.2 Å². The van der Waals surface area contributed by atoms with Crippen LogP contribution >= 0.6 is 11.3 Å². The fraction of sp³-hybridized carbons (Fsp3) is 0.652. The number of fused-ring (bicyclic) bond motifs is 3. The number of thiophene rings is 1. The molecule has 160 valence electrons. The Morgan fingerprint density at radius 2 is 1.90 bits per heavy atom. The molecule has 6 rings (SSSR count). The third-order valence-corrected chi connectivity index (χ3v) is 8.32. The van der Waals surface area contributed by atoms with Crippen LogP contribution in [0.15, 0.2) is 11.4 Å². The zero-order valence-electron chi connectivity index (χ0n) is 17.6. The number of piperazine rings is 1. The fourth-order valence-corrected chi connectivity index (χ4v) is 6.29. The summed E-state index contributed by atoms with van der Waals surface area (Å²) < 4.78 is 2.23. The predicted octanol–water partition coefficient (Wildman–Crippen LogP) is 2.80. The molecule has 30 heavy (non-hydrogen) atoms. The molecule has 1 N–H and O–H groups in total. The van der Waals surface area contributed by atoms with Crippen molar-refractivity contribution in [2.45, 2.75) is 44.6 Å². The highest BCUT2D eigenvalue weighted by molar-refractivity contribution is 7.10. The lowest BCUT2D eigenvalue weighted by Gasteiger charge is -2.34. The predicted molar refractivity (Wildman–Crippen MR) is 119 cm³/mol. The highest BCUT2D eigenvalue weighted by Gasteiger charge is 2.34.